The highest BCUT2D eigenvalue weighted by atomic mass is 35.5. The fraction of sp³-hybridized carbons (Fsp3) is 0.231. The minimum atomic E-state index is -1.23. The largest absolute Gasteiger partial charge is 0.545 e. The summed E-state index contributed by atoms with van der Waals surface area (Å²) in [6, 6.07) is 4.96. The van der Waals surface area contributed by atoms with Crippen LogP contribution in [0.5, 0.6) is 0 Å². The molecule has 100 valence electrons. The zero-order chi connectivity index (χ0) is 14.0. The van der Waals surface area contributed by atoms with Crippen LogP contribution in [0.1, 0.15) is 29.4 Å². The van der Waals surface area contributed by atoms with E-state index >= 15 is 0 Å². The molecule has 0 saturated carbocycles. The van der Waals surface area contributed by atoms with Gasteiger partial charge >= 0.3 is 0 Å². The smallest absolute Gasteiger partial charge is 0.0749 e. The van der Waals surface area contributed by atoms with E-state index in [2.05, 4.69) is 5.10 Å². The van der Waals surface area contributed by atoms with E-state index in [9.17, 15) is 9.90 Å². The molecule has 0 bridgehead atoms. The number of carbonyl (C=O) groups excluding carboxylic acids is 1. The molecule has 0 unspecified atom stereocenters. The van der Waals surface area contributed by atoms with Gasteiger partial charge in [-0.2, -0.15) is 5.10 Å². The summed E-state index contributed by atoms with van der Waals surface area (Å²) in [6.45, 7) is 1.96. The molecule has 1 heterocycles. The van der Waals surface area contributed by atoms with Gasteiger partial charge in [0.1, 0.15) is 0 Å². The lowest BCUT2D eigenvalue weighted by Crippen LogP contribution is -2.23. The number of aromatic nitrogens is 2. The second-order valence-electron chi connectivity index (χ2n) is 4.08. The van der Waals surface area contributed by atoms with Gasteiger partial charge in [-0.3, -0.25) is 0 Å². The molecule has 0 fully saturated rings. The molecule has 0 N–H and O–H groups in total. The Morgan fingerprint density at radius 2 is 1.95 bits per heavy atom. The van der Waals surface area contributed by atoms with Crippen LogP contribution in [0.3, 0.4) is 0 Å². The normalized spacial score (nSPS) is 10.7. The first-order chi connectivity index (χ1) is 9.02. The van der Waals surface area contributed by atoms with Gasteiger partial charge in [0, 0.05) is 15.6 Å². The Morgan fingerprint density at radius 1 is 1.32 bits per heavy atom. The zero-order valence-corrected chi connectivity index (χ0v) is 11.7. The van der Waals surface area contributed by atoms with Crippen LogP contribution in [-0.4, -0.2) is 15.7 Å². The first-order valence-electron chi connectivity index (χ1n) is 5.77. The van der Waals surface area contributed by atoms with Crippen molar-refractivity contribution in [3.63, 3.8) is 0 Å². The fourth-order valence-corrected chi connectivity index (χ4v) is 2.42. The van der Waals surface area contributed by atoms with E-state index in [4.69, 9.17) is 23.2 Å². The van der Waals surface area contributed by atoms with Crippen LogP contribution in [0, 0.1) is 0 Å². The van der Waals surface area contributed by atoms with Gasteiger partial charge in [0.05, 0.1) is 23.5 Å². The van der Waals surface area contributed by atoms with Crippen molar-refractivity contribution in [3.8, 4) is 5.69 Å². The van der Waals surface area contributed by atoms with Crippen LogP contribution in [0.2, 0.25) is 10.0 Å². The predicted octanol–water partition coefficient (Wildman–Crippen LogP) is 2.50. The van der Waals surface area contributed by atoms with Gasteiger partial charge in [-0.15, -0.1) is 0 Å². The fourth-order valence-electron chi connectivity index (χ4n) is 1.91. The molecule has 1 aromatic carbocycles. The van der Waals surface area contributed by atoms with Gasteiger partial charge in [0.25, 0.3) is 0 Å². The molecule has 0 aliphatic rings. The number of halogens is 2. The van der Waals surface area contributed by atoms with E-state index < -0.39 is 5.97 Å². The third-order valence-corrected chi connectivity index (χ3v) is 3.10. The average molecular weight is 298 g/mol. The van der Waals surface area contributed by atoms with Crippen LogP contribution >= 0.6 is 23.2 Å². The van der Waals surface area contributed by atoms with Gasteiger partial charge in [-0.1, -0.05) is 36.5 Å². The summed E-state index contributed by atoms with van der Waals surface area (Å²) in [7, 11) is 0. The average Bonchev–Trinajstić information content (AvgIpc) is 2.72. The molecule has 0 radical (unpaired) electrons. The van der Waals surface area contributed by atoms with E-state index in [1.807, 2.05) is 6.92 Å². The van der Waals surface area contributed by atoms with E-state index in [1.165, 1.54) is 10.9 Å². The lowest BCUT2D eigenvalue weighted by Gasteiger charge is -2.10. The van der Waals surface area contributed by atoms with Gasteiger partial charge in [-0.05, 0) is 24.6 Å². The molecule has 0 aliphatic heterocycles. The van der Waals surface area contributed by atoms with Crippen molar-refractivity contribution in [2.75, 3.05) is 0 Å². The van der Waals surface area contributed by atoms with Crippen molar-refractivity contribution in [1.29, 1.82) is 0 Å². The highest BCUT2D eigenvalue weighted by Crippen LogP contribution is 2.24. The predicted molar refractivity (Wildman–Crippen MR) is 71.9 cm³/mol. The summed E-state index contributed by atoms with van der Waals surface area (Å²) in [6.07, 6.45) is 2.66. The summed E-state index contributed by atoms with van der Waals surface area (Å²) >= 11 is 11.9. The zero-order valence-electron chi connectivity index (χ0n) is 10.2. The highest BCUT2D eigenvalue weighted by molar-refractivity contribution is 6.34. The van der Waals surface area contributed by atoms with Crippen LogP contribution < -0.4 is 5.11 Å². The summed E-state index contributed by atoms with van der Waals surface area (Å²) < 4.78 is 1.53. The first kappa shape index (κ1) is 13.9. The molecule has 19 heavy (non-hydrogen) atoms. The Morgan fingerprint density at radius 3 is 2.47 bits per heavy atom. The number of nitrogens with zero attached hydrogens (tertiary/aromatic N) is 2. The SMILES string of the molecule is CCCc1c(C(=O)[O-])cnn1-c1cc(Cl)cc(Cl)c1. The Labute approximate surface area is 120 Å². The number of benzene rings is 1. The number of carbonyl (C=O) groups is 1. The lowest BCUT2D eigenvalue weighted by atomic mass is 10.1. The van der Waals surface area contributed by atoms with Crippen molar-refractivity contribution in [1.82, 2.24) is 9.78 Å². The number of rotatable bonds is 4. The summed E-state index contributed by atoms with van der Waals surface area (Å²) in [5, 5.41) is 16.1. The van der Waals surface area contributed by atoms with Crippen LogP contribution in [0.25, 0.3) is 5.69 Å². The van der Waals surface area contributed by atoms with Gasteiger partial charge < -0.3 is 9.90 Å². The van der Waals surface area contributed by atoms with E-state index in [0.29, 0.717) is 27.8 Å². The first-order valence-corrected chi connectivity index (χ1v) is 6.53. The second kappa shape index (κ2) is 5.63. The Hall–Kier alpha value is -1.52. The molecule has 4 nitrogen and oxygen atoms in total. The molecule has 0 saturated heterocycles. The number of hydrogen-bond donors (Lipinski definition) is 0. The molecule has 0 aliphatic carbocycles. The maximum Gasteiger partial charge on any atom is 0.0749 e. The quantitative estimate of drug-likeness (QED) is 0.871. The van der Waals surface area contributed by atoms with Gasteiger partial charge in [-0.25, -0.2) is 4.68 Å². The van der Waals surface area contributed by atoms with Crippen LogP contribution in [0.4, 0.5) is 0 Å². The minimum Gasteiger partial charge on any atom is -0.545 e. The van der Waals surface area contributed by atoms with E-state index in [1.54, 1.807) is 18.2 Å². The molecule has 0 spiro atoms. The number of hydrogen-bond acceptors (Lipinski definition) is 3. The van der Waals surface area contributed by atoms with Crippen LogP contribution in [0.15, 0.2) is 24.4 Å². The van der Waals surface area contributed by atoms with Crippen molar-refractivity contribution in [2.45, 2.75) is 19.8 Å². The Balaban J connectivity index is 2.58. The Kier molecular flexibility index (Phi) is 4.12. The number of aromatic carboxylic acids is 1. The van der Waals surface area contributed by atoms with Crippen molar-refractivity contribution < 1.29 is 9.90 Å². The van der Waals surface area contributed by atoms with Gasteiger partial charge in [0.15, 0.2) is 0 Å². The lowest BCUT2D eigenvalue weighted by molar-refractivity contribution is -0.255. The van der Waals surface area contributed by atoms with Crippen LogP contribution in [-0.2, 0) is 6.42 Å². The third-order valence-electron chi connectivity index (χ3n) is 2.67. The van der Waals surface area contributed by atoms with Crippen molar-refractivity contribution >= 4 is 29.2 Å². The van der Waals surface area contributed by atoms with Crippen molar-refractivity contribution in [3.05, 3.63) is 45.7 Å². The molecule has 6 heteroatoms. The maximum absolute atomic E-state index is 11.1. The van der Waals surface area contributed by atoms with Gasteiger partial charge in [0.2, 0.25) is 0 Å². The van der Waals surface area contributed by atoms with E-state index in [0.717, 1.165) is 6.42 Å². The summed E-state index contributed by atoms with van der Waals surface area (Å²) in [4.78, 5) is 11.1. The van der Waals surface area contributed by atoms with E-state index in [-0.39, 0.29) is 5.56 Å². The third kappa shape index (κ3) is 2.91. The number of carboxylic acid groups (broad SMARTS) is 1. The molecule has 1 aromatic heterocycles. The standard InChI is InChI=1S/C13H12Cl2N2O2/c1-2-3-12-11(13(18)19)7-16-17(12)10-5-8(14)4-9(15)6-10/h4-7H,2-3H2,1H3,(H,18,19)/p-1. The summed E-state index contributed by atoms with van der Waals surface area (Å²) in [5.41, 5.74) is 1.31. The molecule has 0 amide bonds. The molecular formula is C13H11Cl2N2O2-. The topological polar surface area (TPSA) is 57.9 Å². The minimum absolute atomic E-state index is 0.0953. The molecule has 2 aromatic rings. The number of carboxylic acids is 1. The highest BCUT2D eigenvalue weighted by Gasteiger charge is 2.13. The monoisotopic (exact) mass is 297 g/mol. The Bertz CT molecular complexity index is 603. The molecule has 0 atom stereocenters. The maximum atomic E-state index is 11.1. The molecule has 2 rings (SSSR count). The molecular weight excluding hydrogens is 287 g/mol. The van der Waals surface area contributed by atoms with Crippen molar-refractivity contribution in [2.24, 2.45) is 0 Å². The second-order valence-corrected chi connectivity index (χ2v) is 4.95. The summed E-state index contributed by atoms with van der Waals surface area (Å²) in [5.74, 6) is -1.23.